The van der Waals surface area contributed by atoms with Crippen LogP contribution in [0.3, 0.4) is 0 Å². The van der Waals surface area contributed by atoms with E-state index in [4.69, 9.17) is 15.6 Å². The molecule has 1 atom stereocenters. The molecule has 1 aliphatic heterocycles. The summed E-state index contributed by atoms with van der Waals surface area (Å²) in [6.07, 6.45) is 1.62. The SMILES string of the molecule is Cl.NC1(CC(=O)O)CCCOC1. The molecule has 5 heteroatoms. The third kappa shape index (κ3) is 3.38. The highest BCUT2D eigenvalue weighted by molar-refractivity contribution is 5.85. The highest BCUT2D eigenvalue weighted by Gasteiger charge is 2.30. The van der Waals surface area contributed by atoms with E-state index < -0.39 is 11.5 Å². The number of aliphatic carboxylic acids is 1. The maximum Gasteiger partial charge on any atom is 0.305 e. The Balaban J connectivity index is 0.00000121. The summed E-state index contributed by atoms with van der Waals surface area (Å²) in [5.74, 6) is -0.849. The summed E-state index contributed by atoms with van der Waals surface area (Å²) in [6, 6.07) is 0. The van der Waals surface area contributed by atoms with Gasteiger partial charge >= 0.3 is 5.97 Å². The van der Waals surface area contributed by atoms with Gasteiger partial charge in [0.1, 0.15) is 0 Å². The Morgan fingerprint density at radius 3 is 2.75 bits per heavy atom. The van der Waals surface area contributed by atoms with Crippen LogP contribution in [0.25, 0.3) is 0 Å². The van der Waals surface area contributed by atoms with Gasteiger partial charge in [0.05, 0.1) is 13.0 Å². The standard InChI is InChI=1S/C7H13NO3.ClH/c8-7(4-6(9)10)2-1-3-11-5-7;/h1-5,8H2,(H,9,10);1H. The number of rotatable bonds is 2. The lowest BCUT2D eigenvalue weighted by atomic mass is 9.90. The van der Waals surface area contributed by atoms with Gasteiger partial charge in [0.25, 0.3) is 0 Å². The molecule has 0 spiro atoms. The van der Waals surface area contributed by atoms with Crippen molar-refractivity contribution < 1.29 is 14.6 Å². The molecule has 1 unspecified atom stereocenters. The van der Waals surface area contributed by atoms with E-state index in [1.165, 1.54) is 0 Å². The van der Waals surface area contributed by atoms with Crippen LogP contribution >= 0.6 is 12.4 Å². The highest BCUT2D eigenvalue weighted by atomic mass is 35.5. The second-order valence-electron chi connectivity index (χ2n) is 3.09. The molecule has 0 aromatic carbocycles. The summed E-state index contributed by atoms with van der Waals surface area (Å²) in [5, 5.41) is 8.50. The topological polar surface area (TPSA) is 72.6 Å². The number of hydrogen-bond donors (Lipinski definition) is 2. The van der Waals surface area contributed by atoms with E-state index in [1.807, 2.05) is 0 Å². The van der Waals surface area contributed by atoms with E-state index in [1.54, 1.807) is 0 Å². The van der Waals surface area contributed by atoms with E-state index in [0.717, 1.165) is 12.8 Å². The summed E-state index contributed by atoms with van der Waals surface area (Å²) >= 11 is 0. The molecule has 1 aliphatic rings. The van der Waals surface area contributed by atoms with Gasteiger partial charge in [-0.25, -0.2) is 0 Å². The first kappa shape index (κ1) is 11.7. The largest absolute Gasteiger partial charge is 0.481 e. The van der Waals surface area contributed by atoms with Crippen LogP contribution in [0.2, 0.25) is 0 Å². The Bertz CT molecular complexity index is 157. The molecule has 0 bridgehead atoms. The number of carboxylic acids is 1. The van der Waals surface area contributed by atoms with Crippen LogP contribution < -0.4 is 5.73 Å². The lowest BCUT2D eigenvalue weighted by Crippen LogP contribution is -2.48. The van der Waals surface area contributed by atoms with E-state index in [9.17, 15) is 4.79 Å². The van der Waals surface area contributed by atoms with E-state index in [-0.39, 0.29) is 18.8 Å². The van der Waals surface area contributed by atoms with Crippen molar-refractivity contribution >= 4 is 18.4 Å². The Morgan fingerprint density at radius 1 is 1.67 bits per heavy atom. The molecule has 4 nitrogen and oxygen atoms in total. The summed E-state index contributed by atoms with van der Waals surface area (Å²) in [4.78, 5) is 10.3. The Kier molecular flexibility index (Phi) is 4.52. The molecule has 1 fully saturated rings. The molecule has 0 aromatic rings. The van der Waals surface area contributed by atoms with Gasteiger partial charge in [0, 0.05) is 12.1 Å². The number of nitrogens with two attached hydrogens (primary N) is 1. The van der Waals surface area contributed by atoms with Gasteiger partial charge in [-0.3, -0.25) is 4.79 Å². The zero-order valence-electron chi connectivity index (χ0n) is 6.78. The van der Waals surface area contributed by atoms with Gasteiger partial charge in [0.2, 0.25) is 0 Å². The van der Waals surface area contributed by atoms with Crippen molar-refractivity contribution in [3.8, 4) is 0 Å². The van der Waals surface area contributed by atoms with Crippen molar-refractivity contribution in [3.05, 3.63) is 0 Å². The Morgan fingerprint density at radius 2 is 2.33 bits per heavy atom. The minimum absolute atomic E-state index is 0. The number of hydrogen-bond acceptors (Lipinski definition) is 3. The first-order valence-corrected chi connectivity index (χ1v) is 3.71. The van der Waals surface area contributed by atoms with Crippen LogP contribution in [0, 0.1) is 0 Å². The van der Waals surface area contributed by atoms with Crippen LogP contribution in [0.5, 0.6) is 0 Å². The van der Waals surface area contributed by atoms with Crippen molar-refractivity contribution in [3.63, 3.8) is 0 Å². The lowest BCUT2D eigenvalue weighted by molar-refractivity contribution is -0.139. The number of carbonyl (C=O) groups is 1. The third-order valence-corrected chi connectivity index (χ3v) is 1.86. The average Bonchev–Trinajstić information content (AvgIpc) is 1.85. The van der Waals surface area contributed by atoms with Gasteiger partial charge in [0.15, 0.2) is 0 Å². The number of ether oxygens (including phenoxy) is 1. The minimum Gasteiger partial charge on any atom is -0.481 e. The predicted octanol–water partition coefficient (Wildman–Crippen LogP) is 0.391. The van der Waals surface area contributed by atoms with Gasteiger partial charge in [-0.1, -0.05) is 0 Å². The molecule has 0 aromatic heterocycles. The van der Waals surface area contributed by atoms with Crippen LogP contribution in [-0.4, -0.2) is 29.8 Å². The van der Waals surface area contributed by atoms with Crippen LogP contribution in [0.15, 0.2) is 0 Å². The van der Waals surface area contributed by atoms with Crippen molar-refractivity contribution in [2.45, 2.75) is 24.8 Å². The second-order valence-corrected chi connectivity index (χ2v) is 3.09. The molecule has 0 amide bonds. The molecule has 72 valence electrons. The smallest absolute Gasteiger partial charge is 0.305 e. The average molecular weight is 196 g/mol. The van der Waals surface area contributed by atoms with E-state index in [2.05, 4.69) is 0 Å². The van der Waals surface area contributed by atoms with Crippen molar-refractivity contribution in [2.24, 2.45) is 5.73 Å². The molecular formula is C7H14ClNO3. The molecular weight excluding hydrogens is 182 g/mol. The first-order chi connectivity index (χ1) is 5.12. The molecule has 1 saturated heterocycles. The van der Waals surface area contributed by atoms with E-state index >= 15 is 0 Å². The molecule has 0 aliphatic carbocycles. The van der Waals surface area contributed by atoms with Crippen molar-refractivity contribution in [2.75, 3.05) is 13.2 Å². The molecule has 12 heavy (non-hydrogen) atoms. The maximum absolute atomic E-state index is 10.3. The predicted molar refractivity (Wildman–Crippen MR) is 46.5 cm³/mol. The van der Waals surface area contributed by atoms with Crippen LogP contribution in [-0.2, 0) is 9.53 Å². The molecule has 0 radical (unpaired) electrons. The fourth-order valence-corrected chi connectivity index (χ4v) is 1.31. The quantitative estimate of drug-likeness (QED) is 0.669. The molecule has 0 saturated carbocycles. The van der Waals surface area contributed by atoms with Crippen molar-refractivity contribution in [1.29, 1.82) is 0 Å². The number of halogens is 1. The molecule has 3 N–H and O–H groups in total. The minimum atomic E-state index is -0.849. The number of carboxylic acid groups (broad SMARTS) is 1. The van der Waals surface area contributed by atoms with Crippen LogP contribution in [0.1, 0.15) is 19.3 Å². The van der Waals surface area contributed by atoms with Gasteiger partial charge in [-0.15, -0.1) is 12.4 Å². The zero-order valence-corrected chi connectivity index (χ0v) is 7.60. The maximum atomic E-state index is 10.3. The van der Waals surface area contributed by atoms with Gasteiger partial charge < -0.3 is 15.6 Å². The summed E-state index contributed by atoms with van der Waals surface area (Å²) < 4.78 is 5.10. The fraction of sp³-hybridized carbons (Fsp3) is 0.857. The lowest BCUT2D eigenvalue weighted by Gasteiger charge is -2.31. The fourth-order valence-electron chi connectivity index (χ4n) is 1.31. The van der Waals surface area contributed by atoms with Crippen molar-refractivity contribution in [1.82, 2.24) is 0 Å². The van der Waals surface area contributed by atoms with Gasteiger partial charge in [-0.05, 0) is 12.8 Å². The Hall–Kier alpha value is -0.320. The Labute approximate surface area is 77.5 Å². The summed E-state index contributed by atoms with van der Waals surface area (Å²) in [6.45, 7) is 1.08. The summed E-state index contributed by atoms with van der Waals surface area (Å²) in [7, 11) is 0. The van der Waals surface area contributed by atoms with Crippen LogP contribution in [0.4, 0.5) is 0 Å². The molecule has 1 rings (SSSR count). The molecule has 1 heterocycles. The van der Waals surface area contributed by atoms with Gasteiger partial charge in [-0.2, -0.15) is 0 Å². The second kappa shape index (κ2) is 4.64. The summed E-state index contributed by atoms with van der Waals surface area (Å²) in [5.41, 5.74) is 5.13. The monoisotopic (exact) mass is 195 g/mol. The normalized spacial score (nSPS) is 29.1. The zero-order chi connectivity index (χ0) is 8.32. The van der Waals surface area contributed by atoms with E-state index in [0.29, 0.717) is 13.2 Å². The third-order valence-electron chi connectivity index (χ3n) is 1.86. The first-order valence-electron chi connectivity index (χ1n) is 3.71. The highest BCUT2D eigenvalue weighted by Crippen LogP contribution is 2.19.